The van der Waals surface area contributed by atoms with E-state index in [0.29, 0.717) is 6.61 Å². The Balaban J connectivity index is 1.60. The van der Waals surface area contributed by atoms with Gasteiger partial charge in [0.1, 0.15) is 6.61 Å². The number of anilines is 1. The molecule has 0 bridgehead atoms. The number of ether oxygens (including phenoxy) is 1. The molecule has 2 aromatic rings. The smallest absolute Gasteiger partial charge is 0.407 e. The zero-order chi connectivity index (χ0) is 13.8. The molecule has 1 aliphatic rings. The molecule has 1 aliphatic heterocycles. The van der Waals surface area contributed by atoms with Gasteiger partial charge in [0.15, 0.2) is 0 Å². The highest BCUT2D eigenvalue weighted by atomic mass is 16.6. The predicted octanol–water partition coefficient (Wildman–Crippen LogP) is 3.08. The van der Waals surface area contributed by atoms with Gasteiger partial charge in [-0.15, -0.1) is 0 Å². The fraction of sp³-hybridized carbons (Fsp3) is 0.188. The Kier molecular flexibility index (Phi) is 3.54. The minimum atomic E-state index is -0.346. The van der Waals surface area contributed by atoms with Gasteiger partial charge in [0.2, 0.25) is 0 Å². The average Bonchev–Trinajstić information content (AvgIpc) is 2.93. The van der Waals surface area contributed by atoms with Crippen LogP contribution in [0, 0.1) is 0 Å². The number of amides is 1. The molecule has 4 nitrogen and oxygen atoms in total. The lowest BCUT2D eigenvalue weighted by Gasteiger charge is -2.10. The van der Waals surface area contributed by atoms with Crippen molar-refractivity contribution >= 4 is 11.8 Å². The Bertz CT molecular complexity index is 581. The SMILES string of the molecule is O=C1N[C@@H](c2ccc(NCc3ccccc3)cc2)CO1. The van der Waals surface area contributed by atoms with Crippen molar-refractivity contribution in [3.8, 4) is 0 Å². The van der Waals surface area contributed by atoms with Gasteiger partial charge < -0.3 is 15.4 Å². The van der Waals surface area contributed by atoms with Gasteiger partial charge in [0.25, 0.3) is 0 Å². The lowest BCUT2D eigenvalue weighted by molar-refractivity contribution is 0.177. The Morgan fingerprint density at radius 3 is 2.50 bits per heavy atom. The van der Waals surface area contributed by atoms with Crippen LogP contribution in [0.25, 0.3) is 0 Å². The summed E-state index contributed by atoms with van der Waals surface area (Å²) in [4.78, 5) is 11.0. The van der Waals surface area contributed by atoms with Crippen LogP contribution in [-0.4, -0.2) is 12.7 Å². The molecule has 0 aromatic heterocycles. The highest BCUT2D eigenvalue weighted by molar-refractivity contribution is 5.70. The van der Waals surface area contributed by atoms with Crippen molar-refractivity contribution < 1.29 is 9.53 Å². The van der Waals surface area contributed by atoms with E-state index in [1.807, 2.05) is 42.5 Å². The van der Waals surface area contributed by atoms with Gasteiger partial charge in [-0.05, 0) is 23.3 Å². The van der Waals surface area contributed by atoms with Crippen molar-refractivity contribution in [2.24, 2.45) is 0 Å². The summed E-state index contributed by atoms with van der Waals surface area (Å²) < 4.78 is 4.89. The monoisotopic (exact) mass is 268 g/mol. The summed E-state index contributed by atoms with van der Waals surface area (Å²) in [6.07, 6.45) is -0.346. The summed E-state index contributed by atoms with van der Waals surface area (Å²) in [5.41, 5.74) is 3.36. The van der Waals surface area contributed by atoms with Crippen LogP contribution in [0.4, 0.5) is 10.5 Å². The largest absolute Gasteiger partial charge is 0.447 e. The third-order valence-electron chi connectivity index (χ3n) is 3.33. The number of carbonyl (C=O) groups is 1. The van der Waals surface area contributed by atoms with Crippen molar-refractivity contribution in [1.29, 1.82) is 0 Å². The maximum atomic E-state index is 11.0. The Morgan fingerprint density at radius 2 is 1.85 bits per heavy atom. The van der Waals surface area contributed by atoms with Crippen LogP contribution in [0.3, 0.4) is 0 Å². The molecule has 1 saturated heterocycles. The number of rotatable bonds is 4. The van der Waals surface area contributed by atoms with Gasteiger partial charge in [-0.2, -0.15) is 0 Å². The fourth-order valence-corrected chi connectivity index (χ4v) is 2.20. The summed E-state index contributed by atoms with van der Waals surface area (Å²) in [5, 5.41) is 6.13. The minimum Gasteiger partial charge on any atom is -0.447 e. The number of alkyl carbamates (subject to hydrolysis) is 1. The first-order chi connectivity index (χ1) is 9.81. The van der Waals surface area contributed by atoms with Crippen molar-refractivity contribution in [2.45, 2.75) is 12.6 Å². The summed E-state index contributed by atoms with van der Waals surface area (Å²) in [6.45, 7) is 1.19. The van der Waals surface area contributed by atoms with Crippen LogP contribution in [0.15, 0.2) is 54.6 Å². The third kappa shape index (κ3) is 2.91. The molecule has 20 heavy (non-hydrogen) atoms. The molecule has 0 saturated carbocycles. The standard InChI is InChI=1S/C16H16N2O2/c19-16-18-15(11-20-16)13-6-8-14(9-7-13)17-10-12-4-2-1-3-5-12/h1-9,15,17H,10-11H2,(H,18,19)/t15-/m1/s1. The summed E-state index contributed by atoms with van der Waals surface area (Å²) in [5.74, 6) is 0. The molecule has 1 amide bonds. The topological polar surface area (TPSA) is 50.4 Å². The van der Waals surface area contributed by atoms with Crippen LogP contribution in [0.5, 0.6) is 0 Å². The van der Waals surface area contributed by atoms with Crippen LogP contribution in [0.1, 0.15) is 17.2 Å². The van der Waals surface area contributed by atoms with Crippen molar-refractivity contribution in [3.63, 3.8) is 0 Å². The van der Waals surface area contributed by atoms with E-state index >= 15 is 0 Å². The van der Waals surface area contributed by atoms with Gasteiger partial charge in [0, 0.05) is 12.2 Å². The molecule has 3 rings (SSSR count). The number of nitrogens with one attached hydrogen (secondary N) is 2. The Morgan fingerprint density at radius 1 is 1.10 bits per heavy atom. The van der Waals surface area contributed by atoms with E-state index in [4.69, 9.17) is 4.74 Å². The molecule has 2 N–H and O–H groups in total. The van der Waals surface area contributed by atoms with Crippen LogP contribution >= 0.6 is 0 Å². The first-order valence-corrected chi connectivity index (χ1v) is 6.62. The van der Waals surface area contributed by atoms with Crippen molar-refractivity contribution in [2.75, 3.05) is 11.9 Å². The second-order valence-electron chi connectivity index (χ2n) is 4.76. The van der Waals surface area contributed by atoms with Crippen LogP contribution in [0.2, 0.25) is 0 Å². The van der Waals surface area contributed by atoms with Gasteiger partial charge >= 0.3 is 6.09 Å². The molecule has 0 aliphatic carbocycles. The lowest BCUT2D eigenvalue weighted by Crippen LogP contribution is -2.18. The molecule has 2 aromatic carbocycles. The van der Waals surface area contributed by atoms with Gasteiger partial charge in [0.05, 0.1) is 6.04 Å². The van der Waals surface area contributed by atoms with E-state index < -0.39 is 0 Å². The molecular weight excluding hydrogens is 252 g/mol. The van der Waals surface area contributed by atoms with E-state index in [-0.39, 0.29) is 12.1 Å². The van der Waals surface area contributed by atoms with E-state index in [0.717, 1.165) is 17.8 Å². The highest BCUT2D eigenvalue weighted by Crippen LogP contribution is 2.20. The molecule has 1 heterocycles. The van der Waals surface area contributed by atoms with Gasteiger partial charge in [-0.1, -0.05) is 42.5 Å². The molecule has 1 fully saturated rings. The Hall–Kier alpha value is -2.49. The fourth-order valence-electron chi connectivity index (χ4n) is 2.20. The molecule has 4 heteroatoms. The van der Waals surface area contributed by atoms with Crippen LogP contribution < -0.4 is 10.6 Å². The first-order valence-electron chi connectivity index (χ1n) is 6.62. The number of carbonyl (C=O) groups excluding carboxylic acids is 1. The van der Waals surface area contributed by atoms with E-state index in [1.54, 1.807) is 0 Å². The predicted molar refractivity (Wildman–Crippen MR) is 77.4 cm³/mol. The first kappa shape index (κ1) is 12.5. The molecule has 0 spiro atoms. The lowest BCUT2D eigenvalue weighted by atomic mass is 10.1. The number of hydrogen-bond donors (Lipinski definition) is 2. The summed E-state index contributed by atoms with van der Waals surface area (Å²) in [6, 6.07) is 18.3. The quantitative estimate of drug-likeness (QED) is 0.896. The maximum Gasteiger partial charge on any atom is 0.407 e. The number of cyclic esters (lactones) is 1. The summed E-state index contributed by atoms with van der Waals surface area (Å²) >= 11 is 0. The second kappa shape index (κ2) is 5.65. The van der Waals surface area contributed by atoms with Crippen molar-refractivity contribution in [1.82, 2.24) is 5.32 Å². The number of hydrogen-bond acceptors (Lipinski definition) is 3. The minimum absolute atomic E-state index is 0.0364. The number of benzene rings is 2. The normalized spacial score (nSPS) is 17.4. The second-order valence-corrected chi connectivity index (χ2v) is 4.76. The molecule has 0 unspecified atom stereocenters. The van der Waals surface area contributed by atoms with Gasteiger partial charge in [-0.25, -0.2) is 4.79 Å². The zero-order valence-corrected chi connectivity index (χ0v) is 11.0. The van der Waals surface area contributed by atoms with E-state index in [9.17, 15) is 4.79 Å². The van der Waals surface area contributed by atoms with Gasteiger partial charge in [-0.3, -0.25) is 0 Å². The summed E-state index contributed by atoms with van der Waals surface area (Å²) in [7, 11) is 0. The molecule has 1 atom stereocenters. The third-order valence-corrected chi connectivity index (χ3v) is 3.33. The van der Waals surface area contributed by atoms with Crippen molar-refractivity contribution in [3.05, 3.63) is 65.7 Å². The molecule has 102 valence electrons. The molecule has 0 radical (unpaired) electrons. The Labute approximate surface area is 117 Å². The zero-order valence-electron chi connectivity index (χ0n) is 11.0. The average molecular weight is 268 g/mol. The van der Waals surface area contributed by atoms with E-state index in [2.05, 4.69) is 22.8 Å². The van der Waals surface area contributed by atoms with E-state index in [1.165, 1.54) is 5.56 Å². The van der Waals surface area contributed by atoms with Crippen LogP contribution in [-0.2, 0) is 11.3 Å². The maximum absolute atomic E-state index is 11.0. The highest BCUT2D eigenvalue weighted by Gasteiger charge is 2.23. The molecular formula is C16H16N2O2.